The number of carbonyl (C=O) groups excluding carboxylic acids is 8. The summed E-state index contributed by atoms with van der Waals surface area (Å²) in [5, 5.41) is 27.0. The highest BCUT2D eigenvalue weighted by Gasteiger charge is 2.46. The second kappa shape index (κ2) is 27.2. The van der Waals surface area contributed by atoms with Crippen LogP contribution in [0.25, 0.3) is 0 Å². The number of primary amides is 1. The summed E-state index contributed by atoms with van der Waals surface area (Å²) >= 11 is 0. The predicted molar refractivity (Wildman–Crippen MR) is 230 cm³/mol. The lowest BCUT2D eigenvalue weighted by atomic mass is 9.94. The van der Waals surface area contributed by atoms with Gasteiger partial charge in [0, 0.05) is 49.9 Å². The fraction of sp³-hybridized carbons (Fsp3) is 0.581. The van der Waals surface area contributed by atoms with E-state index in [4.69, 9.17) is 29.9 Å². The highest BCUT2D eigenvalue weighted by atomic mass is 16.7. The van der Waals surface area contributed by atoms with Gasteiger partial charge >= 0.3 is 17.9 Å². The fourth-order valence-corrected chi connectivity index (χ4v) is 6.67. The standard InChI is InChI=1S/C43H61N7O15/c1-5-6-11-20-62-42(59)48-34-18-19-50(41(58)47-34)40-36(55)37(27(4)64-40)65-43(60)63-24-28-14-16-30(17-15-28)46-39(57)29(23-33(44)53)22-32(52)26(3)45-38(56)25(2)21-31(51)12-9-7-8-10-13-35(54)49-61/h14-19,25-27,29,36-37,40,55,61H,5-13,20-24H2,1-4H3,(H2,44,53)(H,45,56)(H,46,57)(H,49,54)(H,47,48,58,59)/t25-,26+,27-,29+,36-,37-,40-/m1/s1. The van der Waals surface area contributed by atoms with E-state index in [-0.39, 0.29) is 49.8 Å². The minimum absolute atomic E-state index is 0.0402. The summed E-state index contributed by atoms with van der Waals surface area (Å²) < 4.78 is 22.3. The zero-order valence-corrected chi connectivity index (χ0v) is 37.1. The average Bonchev–Trinajstić information content (AvgIpc) is 3.53. The molecule has 1 aromatic carbocycles. The first kappa shape index (κ1) is 53.1. The monoisotopic (exact) mass is 915 g/mol. The van der Waals surface area contributed by atoms with E-state index in [9.17, 15) is 48.3 Å². The molecule has 0 aliphatic carbocycles. The van der Waals surface area contributed by atoms with Crippen LogP contribution in [0.2, 0.25) is 0 Å². The molecule has 5 amide bonds. The van der Waals surface area contributed by atoms with Gasteiger partial charge in [-0.3, -0.25) is 43.9 Å². The van der Waals surface area contributed by atoms with Gasteiger partial charge in [-0.25, -0.2) is 19.9 Å². The zero-order chi connectivity index (χ0) is 48.1. The maximum absolute atomic E-state index is 13.2. The number of nitrogens with zero attached hydrogens (tertiary/aromatic N) is 2. The minimum atomic E-state index is -1.50. The number of Topliss-reactive ketones (excluding diaryl/α,β-unsaturated/α-hetero) is 2. The van der Waals surface area contributed by atoms with Crippen LogP contribution in [-0.2, 0) is 54.3 Å². The van der Waals surface area contributed by atoms with Gasteiger partial charge in [-0.1, -0.05) is 51.7 Å². The number of ether oxygens (including phenoxy) is 4. The van der Waals surface area contributed by atoms with Crippen molar-refractivity contribution in [3.63, 3.8) is 0 Å². The topological polar surface area (TPSA) is 323 Å². The molecular weight excluding hydrogens is 855 g/mol. The number of aromatic nitrogens is 2. The number of aliphatic hydroxyl groups is 1. The van der Waals surface area contributed by atoms with Crippen molar-refractivity contribution in [3.8, 4) is 0 Å². The molecule has 1 aliphatic heterocycles. The minimum Gasteiger partial charge on any atom is -0.449 e. The van der Waals surface area contributed by atoms with Crippen molar-refractivity contribution in [1.29, 1.82) is 0 Å². The molecule has 0 unspecified atom stereocenters. The number of nitrogens with one attached hydrogen (secondary N) is 4. The summed E-state index contributed by atoms with van der Waals surface area (Å²) in [6.45, 7) is 6.45. The molecule has 3 rings (SSSR count). The van der Waals surface area contributed by atoms with Gasteiger partial charge < -0.3 is 40.4 Å². The van der Waals surface area contributed by atoms with Gasteiger partial charge in [0.05, 0.1) is 24.7 Å². The van der Waals surface area contributed by atoms with E-state index in [0.29, 0.717) is 37.7 Å². The third-order valence-corrected chi connectivity index (χ3v) is 10.4. The van der Waals surface area contributed by atoms with Crippen molar-refractivity contribution in [3.05, 3.63) is 52.6 Å². The molecule has 358 valence electrons. The number of anilines is 2. The maximum Gasteiger partial charge on any atom is 0.509 e. The van der Waals surface area contributed by atoms with Crippen LogP contribution < -0.4 is 32.9 Å². The SMILES string of the molecule is CCCCCOC(=O)Nc1ccn([C@@H]2O[C@H](C)[C@@H](OC(=O)OCc3ccc(NC(=O)[C@H](CC(N)=O)CC(=O)[C@H](C)NC(=O)[C@H](C)CC(=O)CCCCCCC(=O)NO)cc3)[C@H]2O)c(=O)n1. The van der Waals surface area contributed by atoms with Crippen LogP contribution in [0.5, 0.6) is 0 Å². The van der Waals surface area contributed by atoms with E-state index in [1.165, 1.54) is 50.4 Å². The number of nitrogens with two attached hydrogens (primary N) is 1. The molecule has 0 spiro atoms. The van der Waals surface area contributed by atoms with Crippen molar-refractivity contribution in [1.82, 2.24) is 20.3 Å². The van der Waals surface area contributed by atoms with Crippen LogP contribution in [-0.4, -0.2) is 98.3 Å². The Balaban J connectivity index is 1.45. The van der Waals surface area contributed by atoms with E-state index < -0.39 is 103 Å². The maximum atomic E-state index is 13.2. The number of rotatable bonds is 27. The first-order valence-electron chi connectivity index (χ1n) is 21.6. The zero-order valence-electron chi connectivity index (χ0n) is 37.1. The lowest BCUT2D eigenvalue weighted by molar-refractivity contribution is -0.133. The number of carbonyl (C=O) groups is 8. The van der Waals surface area contributed by atoms with Gasteiger partial charge in [0.2, 0.25) is 23.6 Å². The van der Waals surface area contributed by atoms with E-state index in [0.717, 1.165) is 17.4 Å². The molecule has 2 heterocycles. The molecule has 8 N–H and O–H groups in total. The third kappa shape index (κ3) is 18.4. The van der Waals surface area contributed by atoms with Crippen LogP contribution in [0.4, 0.5) is 21.1 Å². The average molecular weight is 916 g/mol. The van der Waals surface area contributed by atoms with E-state index in [2.05, 4.69) is 20.9 Å². The Labute approximate surface area is 375 Å². The van der Waals surface area contributed by atoms with Gasteiger partial charge in [-0.2, -0.15) is 4.98 Å². The van der Waals surface area contributed by atoms with Crippen LogP contribution in [0.15, 0.2) is 41.3 Å². The van der Waals surface area contributed by atoms with E-state index in [1.807, 2.05) is 6.92 Å². The van der Waals surface area contributed by atoms with Crippen LogP contribution in [0.3, 0.4) is 0 Å². The van der Waals surface area contributed by atoms with Crippen LogP contribution in [0.1, 0.15) is 117 Å². The Bertz CT molecular complexity index is 2010. The molecule has 1 saturated heterocycles. The molecule has 1 fully saturated rings. The molecule has 22 heteroatoms. The first-order valence-corrected chi connectivity index (χ1v) is 21.6. The van der Waals surface area contributed by atoms with Gasteiger partial charge in [0.25, 0.3) is 0 Å². The number of ketones is 2. The molecule has 65 heavy (non-hydrogen) atoms. The highest BCUT2D eigenvalue weighted by Crippen LogP contribution is 2.31. The second-order valence-corrected chi connectivity index (χ2v) is 15.9. The molecule has 0 radical (unpaired) electrons. The Morgan fingerprint density at radius 3 is 2.22 bits per heavy atom. The largest absolute Gasteiger partial charge is 0.509 e. The lowest BCUT2D eigenvalue weighted by Gasteiger charge is -2.20. The van der Waals surface area contributed by atoms with Gasteiger partial charge in [-0.15, -0.1) is 0 Å². The molecule has 22 nitrogen and oxygen atoms in total. The van der Waals surface area contributed by atoms with Gasteiger partial charge in [-0.05, 0) is 56.9 Å². The summed E-state index contributed by atoms with van der Waals surface area (Å²) in [5.74, 6) is -5.17. The fourth-order valence-electron chi connectivity index (χ4n) is 6.67. The quantitative estimate of drug-likeness (QED) is 0.0293. The van der Waals surface area contributed by atoms with E-state index in [1.54, 1.807) is 12.4 Å². The second-order valence-electron chi connectivity index (χ2n) is 15.9. The lowest BCUT2D eigenvalue weighted by Crippen LogP contribution is -2.43. The number of amides is 5. The van der Waals surface area contributed by atoms with Crippen molar-refractivity contribution in [2.24, 2.45) is 17.6 Å². The Morgan fingerprint density at radius 1 is 0.877 bits per heavy atom. The molecular formula is C43H61N7O15. The number of hydrogen-bond acceptors (Lipinski definition) is 16. The summed E-state index contributed by atoms with van der Waals surface area (Å²) in [6.07, 6.45) is -0.956. The normalized spacial score (nSPS) is 18.0. The number of unbranched alkanes of at least 4 members (excludes halogenated alkanes) is 5. The third-order valence-electron chi connectivity index (χ3n) is 10.4. The van der Waals surface area contributed by atoms with Crippen molar-refractivity contribution < 1.29 is 67.6 Å². The van der Waals surface area contributed by atoms with E-state index >= 15 is 0 Å². The van der Waals surface area contributed by atoms with Crippen molar-refractivity contribution in [2.75, 3.05) is 17.2 Å². The molecule has 1 aromatic heterocycles. The van der Waals surface area contributed by atoms with Gasteiger partial charge in [0.1, 0.15) is 24.3 Å². The van der Waals surface area contributed by atoms with Crippen LogP contribution >= 0.6 is 0 Å². The van der Waals surface area contributed by atoms with Crippen molar-refractivity contribution in [2.45, 2.75) is 142 Å². The van der Waals surface area contributed by atoms with Crippen LogP contribution in [0, 0.1) is 11.8 Å². The summed E-state index contributed by atoms with van der Waals surface area (Å²) in [4.78, 5) is 116. The summed E-state index contributed by atoms with van der Waals surface area (Å²) in [5.41, 5.74) is 6.83. The molecule has 0 saturated carbocycles. The Kier molecular flexibility index (Phi) is 22.2. The Hall–Kier alpha value is -6.26. The number of aliphatic hydroxyl groups excluding tert-OH is 1. The van der Waals surface area contributed by atoms with Crippen molar-refractivity contribution >= 4 is 58.9 Å². The summed E-state index contributed by atoms with van der Waals surface area (Å²) in [6, 6.07) is 6.30. The molecule has 2 aromatic rings. The molecule has 7 atom stereocenters. The number of benzene rings is 1. The molecule has 1 aliphatic rings. The Morgan fingerprint density at radius 2 is 1.57 bits per heavy atom. The highest BCUT2D eigenvalue weighted by molar-refractivity contribution is 5.99. The molecule has 0 bridgehead atoms. The summed E-state index contributed by atoms with van der Waals surface area (Å²) in [7, 11) is 0. The number of hydroxylamine groups is 1. The predicted octanol–water partition coefficient (Wildman–Crippen LogP) is 3.32. The van der Waals surface area contributed by atoms with Gasteiger partial charge in [0.15, 0.2) is 18.1 Å². The first-order chi connectivity index (χ1) is 30.9. The smallest absolute Gasteiger partial charge is 0.449 e. The number of hydrogen-bond donors (Lipinski definition) is 7.